The van der Waals surface area contributed by atoms with Crippen LogP contribution < -0.4 is 5.30 Å². The molecule has 5 aromatic carbocycles. The Hall–Kier alpha value is -3.06. The van der Waals surface area contributed by atoms with E-state index in [1.807, 2.05) is 36.4 Å². The van der Waals surface area contributed by atoms with Crippen molar-refractivity contribution in [2.45, 2.75) is 14.7 Å². The summed E-state index contributed by atoms with van der Waals surface area (Å²) in [6.07, 6.45) is 0. The fourth-order valence-corrected chi connectivity index (χ4v) is 16.2. The first-order valence-electron chi connectivity index (χ1n) is 13.5. The molecule has 40 heavy (non-hydrogen) atoms. The molecule has 0 bridgehead atoms. The molecule has 0 N–H and O–H groups in total. The molecule has 200 valence electrons. The van der Waals surface area contributed by atoms with Gasteiger partial charge in [-0.3, -0.25) is 0 Å². The molecule has 0 spiro atoms. The molecule has 0 aliphatic heterocycles. The molecule has 0 heterocycles. The Morgan fingerprint density at radius 2 is 0.875 bits per heavy atom. The van der Waals surface area contributed by atoms with E-state index >= 15 is 0 Å². The third-order valence-corrected chi connectivity index (χ3v) is 17.5. The summed E-state index contributed by atoms with van der Waals surface area (Å²) >= 11 is -2.08. The molecule has 0 radical (unpaired) electrons. The van der Waals surface area contributed by atoms with Crippen LogP contribution in [0.15, 0.2) is 153 Å². The average molecular weight is 591 g/mol. The van der Waals surface area contributed by atoms with Crippen molar-refractivity contribution < 1.29 is 16.1 Å². The van der Waals surface area contributed by atoms with Crippen LogP contribution in [0, 0.1) is 0 Å². The van der Waals surface area contributed by atoms with E-state index in [9.17, 15) is 0 Å². The smallest absolute Gasteiger partial charge is 0.0149 e. The van der Waals surface area contributed by atoms with Crippen LogP contribution in [-0.4, -0.2) is 11.0 Å². The van der Waals surface area contributed by atoms with Crippen LogP contribution in [0.3, 0.4) is 0 Å². The molecule has 1 atom stereocenters. The van der Waals surface area contributed by atoms with E-state index in [0.717, 1.165) is 28.8 Å². The van der Waals surface area contributed by atoms with Crippen LogP contribution in [0.5, 0.6) is 0 Å². The summed E-state index contributed by atoms with van der Waals surface area (Å²) in [7, 11) is 0. The zero-order valence-electron chi connectivity index (χ0n) is 22.8. The van der Waals surface area contributed by atoms with Gasteiger partial charge in [0.1, 0.15) is 0 Å². The van der Waals surface area contributed by atoms with Gasteiger partial charge in [-0.05, 0) is 33.2 Å². The maximum Gasteiger partial charge on any atom is -0.0149 e. The van der Waals surface area contributed by atoms with Crippen molar-refractivity contribution in [1.82, 2.24) is 0 Å². The standard InChI is InChI=1S/C16H14.C13H9.C6H6P.2CH3.H4Si.Ti/c1-13(15-9-5-3-6-10-15)14(2)16-11-7-4-8-12-16;1-3-7-12-10(5-1)9-11-6-2-4-8-13(11)12;7-6-4-2-1-3-5-6;;;;/h3-12H,1-2H2;1-9H;1-5,7H;2*1H3;1H4;/q;;-1;;;;+1. The number of rotatable bonds is 6. The minimum Gasteiger partial charge on any atom is -0.0149 e. The molecule has 3 heteroatoms. The van der Waals surface area contributed by atoms with E-state index in [1.165, 1.54) is 16.4 Å². The van der Waals surface area contributed by atoms with Crippen molar-refractivity contribution in [3.63, 3.8) is 0 Å². The Labute approximate surface area is 249 Å². The summed E-state index contributed by atoms with van der Waals surface area (Å²) in [6.45, 7) is 9.18. The molecule has 1 aliphatic rings. The first-order valence-corrected chi connectivity index (χ1v) is 20.8. The van der Waals surface area contributed by atoms with Gasteiger partial charge in [0.2, 0.25) is 0 Å². The van der Waals surface area contributed by atoms with Gasteiger partial charge in [0, 0.05) is 0 Å². The molecular weight excluding hydrogens is 551 g/mol. The Morgan fingerprint density at radius 3 is 1.30 bits per heavy atom. The van der Waals surface area contributed by atoms with E-state index in [0.29, 0.717) is 4.22 Å². The number of fused-ring (bicyclic) bond motifs is 3. The minimum atomic E-state index is -2.08. The Balaban J connectivity index is 0.000000192. The van der Waals surface area contributed by atoms with Crippen molar-refractivity contribution in [3.8, 4) is 11.1 Å². The van der Waals surface area contributed by atoms with Gasteiger partial charge in [-0.15, -0.1) is 0 Å². The number of allylic oxidation sites excluding steroid dienone is 2. The third kappa shape index (κ3) is 6.63. The van der Waals surface area contributed by atoms with Crippen molar-refractivity contribution in [2.75, 3.05) is 0 Å². The largest absolute Gasteiger partial charge is 0.0149 e. The van der Waals surface area contributed by atoms with Crippen molar-refractivity contribution >= 4 is 34.0 Å². The van der Waals surface area contributed by atoms with Gasteiger partial charge in [0.25, 0.3) is 0 Å². The molecule has 6 rings (SSSR count). The first-order chi connectivity index (χ1) is 19.0. The second-order valence-electron chi connectivity index (χ2n) is 10.5. The number of hydrogen-bond acceptors (Lipinski definition) is 0. The number of hydrogen-bond donors (Lipinski definition) is 0. The second kappa shape index (κ2) is 13.5. The molecule has 0 saturated heterocycles. The predicted octanol–water partition coefficient (Wildman–Crippen LogP) is 8.89. The quantitative estimate of drug-likeness (QED) is 0.105. The van der Waals surface area contributed by atoms with Gasteiger partial charge in [0.15, 0.2) is 0 Å². The summed E-state index contributed by atoms with van der Waals surface area (Å²) in [5, 5.41) is 6.74. The van der Waals surface area contributed by atoms with Crippen molar-refractivity contribution in [2.24, 2.45) is 0 Å². The van der Waals surface area contributed by atoms with Crippen LogP contribution >= 0.6 is 6.57 Å². The Bertz CT molecular complexity index is 1480. The van der Waals surface area contributed by atoms with E-state index < -0.39 is 16.1 Å². The number of benzene rings is 5. The van der Waals surface area contributed by atoms with Gasteiger partial charge in [-0.2, -0.15) is 0 Å². The first kappa shape index (κ1) is 29.9. The topological polar surface area (TPSA) is 0 Å². The zero-order valence-corrected chi connectivity index (χ0v) is 25.3. The summed E-state index contributed by atoms with van der Waals surface area (Å²) in [5.41, 5.74) is 10.3. The molecule has 0 saturated carbocycles. The molecular formula is C37H39PSiTi. The van der Waals surface area contributed by atoms with Crippen LogP contribution in [-0.2, 0) is 16.1 Å². The molecule has 0 fully saturated rings. The average Bonchev–Trinajstić information content (AvgIpc) is 3.33. The van der Waals surface area contributed by atoms with E-state index in [-0.39, 0.29) is 11.0 Å². The summed E-state index contributed by atoms with van der Waals surface area (Å²) in [5.74, 6) is 0. The summed E-state index contributed by atoms with van der Waals surface area (Å²) in [6, 6.07) is 49.5. The van der Waals surface area contributed by atoms with Gasteiger partial charge in [0.05, 0.1) is 0 Å². The summed E-state index contributed by atoms with van der Waals surface area (Å²) in [4.78, 5) is 0. The maximum atomic E-state index is 4.10. The van der Waals surface area contributed by atoms with Crippen molar-refractivity contribution in [1.29, 1.82) is 0 Å². The second-order valence-corrected chi connectivity index (χ2v) is 24.1. The molecule has 0 nitrogen and oxygen atoms in total. The Morgan fingerprint density at radius 1 is 0.525 bits per heavy atom. The van der Waals surface area contributed by atoms with Gasteiger partial charge in [-0.25, -0.2) is 0 Å². The van der Waals surface area contributed by atoms with Crippen molar-refractivity contribution in [3.05, 3.63) is 175 Å². The van der Waals surface area contributed by atoms with Crippen LogP contribution in [0.1, 0.15) is 26.5 Å². The molecule has 0 amide bonds. The van der Waals surface area contributed by atoms with Crippen LogP contribution in [0.25, 0.3) is 22.3 Å². The fourth-order valence-electron chi connectivity index (χ4n) is 5.53. The van der Waals surface area contributed by atoms with Gasteiger partial charge >= 0.3 is 144 Å². The molecule has 1 aliphatic carbocycles. The monoisotopic (exact) mass is 590 g/mol. The zero-order chi connectivity index (χ0) is 27.2. The molecule has 0 aromatic heterocycles. The maximum absolute atomic E-state index is 4.10. The molecule has 5 aromatic rings. The molecule has 1 unspecified atom stereocenters. The Kier molecular flexibility index (Phi) is 10.1. The minimum absolute atomic E-state index is 0. The summed E-state index contributed by atoms with van der Waals surface area (Å²) < 4.78 is 0.654. The third-order valence-electron chi connectivity index (χ3n) is 7.40. The van der Waals surface area contributed by atoms with Gasteiger partial charge in [-0.1, -0.05) is 73.8 Å². The fraction of sp³-hybridized carbons (Fsp3) is 0.0811. The van der Waals surface area contributed by atoms with Crippen LogP contribution in [0.4, 0.5) is 0 Å². The van der Waals surface area contributed by atoms with E-state index in [2.05, 4.69) is 127 Å². The van der Waals surface area contributed by atoms with Gasteiger partial charge < -0.3 is 0 Å². The SMILES string of the molecule is C=C(C(=C)c1ccccc1)c1ccccc1.[CH3][Ti]([CH3])([PH]c1ccccc1)[CH]1c2ccccc2-c2ccccc21.[SiH4]. The van der Waals surface area contributed by atoms with E-state index in [4.69, 9.17) is 0 Å². The normalized spacial score (nSPS) is 12.1. The van der Waals surface area contributed by atoms with E-state index in [1.54, 1.807) is 11.1 Å². The van der Waals surface area contributed by atoms with Crippen LogP contribution in [0.2, 0.25) is 10.5 Å². The predicted molar refractivity (Wildman–Crippen MR) is 182 cm³/mol.